The zero-order valence-corrected chi connectivity index (χ0v) is 14.9. The monoisotopic (exact) mass is 310 g/mol. The van der Waals surface area contributed by atoms with Crippen molar-refractivity contribution in [1.29, 1.82) is 0 Å². The third-order valence-electron chi connectivity index (χ3n) is 3.60. The van der Waals surface area contributed by atoms with E-state index in [0.29, 0.717) is 17.7 Å². The van der Waals surface area contributed by atoms with Gasteiger partial charge in [0.15, 0.2) is 0 Å². The van der Waals surface area contributed by atoms with Crippen molar-refractivity contribution in [2.24, 2.45) is 0 Å². The van der Waals surface area contributed by atoms with Gasteiger partial charge in [0.2, 0.25) is 0 Å². The van der Waals surface area contributed by atoms with Crippen LogP contribution in [0, 0.1) is 12.7 Å². The third-order valence-corrected chi connectivity index (χ3v) is 5.86. The minimum atomic E-state index is -1.05. The zero-order valence-electron chi connectivity index (χ0n) is 14.0. The molecule has 0 amide bonds. The Bertz CT molecular complexity index is 557. The first-order valence-corrected chi connectivity index (χ1v) is 8.57. The van der Waals surface area contributed by atoms with E-state index >= 15 is 0 Å². The Balaban J connectivity index is 3.30. The van der Waals surface area contributed by atoms with Crippen LogP contribution in [0.15, 0.2) is 30.4 Å². The molecule has 0 unspecified atom stereocenters. The van der Waals surface area contributed by atoms with Crippen molar-refractivity contribution in [2.75, 3.05) is 5.75 Å². The van der Waals surface area contributed by atoms with E-state index in [2.05, 4.69) is 6.58 Å². The fourth-order valence-electron chi connectivity index (χ4n) is 2.50. The van der Waals surface area contributed by atoms with E-state index in [1.807, 2.05) is 47.6 Å². The molecule has 0 heterocycles. The normalized spacial score (nSPS) is 16.3. The van der Waals surface area contributed by atoms with Gasteiger partial charge in [-0.15, -0.1) is 6.58 Å². The summed E-state index contributed by atoms with van der Waals surface area (Å²) < 4.78 is 26.6. The molecule has 1 nitrogen and oxygen atoms in total. The van der Waals surface area contributed by atoms with E-state index in [1.54, 1.807) is 6.07 Å². The van der Waals surface area contributed by atoms with Gasteiger partial charge in [0.1, 0.15) is 5.82 Å². The summed E-state index contributed by atoms with van der Waals surface area (Å²) in [6.45, 7) is 15.7. The lowest BCUT2D eigenvalue weighted by atomic mass is 9.78. The van der Waals surface area contributed by atoms with E-state index < -0.39 is 16.2 Å². The quantitative estimate of drug-likeness (QED) is 0.707. The number of rotatable bonds is 5. The third kappa shape index (κ3) is 4.77. The SMILES string of the molecule is C=C(C)C[C@](C)(C[S@](=O)C(C)(C)C)c1cc(C)ccc1F. The number of aryl methyl sites for hydroxylation is 1. The second kappa shape index (κ2) is 6.43. The predicted octanol–water partition coefficient (Wildman–Crippen LogP) is 4.91. The largest absolute Gasteiger partial charge is 0.259 e. The Kier molecular flexibility index (Phi) is 5.54. The van der Waals surface area contributed by atoms with Gasteiger partial charge < -0.3 is 0 Å². The van der Waals surface area contributed by atoms with Crippen molar-refractivity contribution in [3.8, 4) is 0 Å². The minimum absolute atomic E-state index is 0.227. The van der Waals surface area contributed by atoms with Gasteiger partial charge in [0.25, 0.3) is 0 Å². The molecule has 0 saturated carbocycles. The van der Waals surface area contributed by atoms with Gasteiger partial charge in [0.05, 0.1) is 0 Å². The second-order valence-electron chi connectivity index (χ2n) is 7.28. The molecule has 2 atom stereocenters. The highest BCUT2D eigenvalue weighted by molar-refractivity contribution is 7.86. The van der Waals surface area contributed by atoms with E-state index in [1.165, 1.54) is 6.07 Å². The molecule has 21 heavy (non-hydrogen) atoms. The molecule has 1 aromatic carbocycles. The highest BCUT2D eigenvalue weighted by Crippen LogP contribution is 2.35. The van der Waals surface area contributed by atoms with Crippen LogP contribution < -0.4 is 0 Å². The maximum absolute atomic E-state index is 14.3. The van der Waals surface area contributed by atoms with Crippen LogP contribution in [-0.2, 0) is 16.2 Å². The molecular weight excluding hydrogens is 283 g/mol. The summed E-state index contributed by atoms with van der Waals surface area (Å²) in [6.07, 6.45) is 0.634. The molecule has 0 bridgehead atoms. The molecule has 118 valence electrons. The fraction of sp³-hybridized carbons (Fsp3) is 0.556. The first-order valence-electron chi connectivity index (χ1n) is 7.25. The Morgan fingerprint density at radius 3 is 2.33 bits per heavy atom. The topological polar surface area (TPSA) is 17.1 Å². The van der Waals surface area contributed by atoms with Gasteiger partial charge in [-0.05, 0) is 52.7 Å². The van der Waals surface area contributed by atoms with Crippen molar-refractivity contribution < 1.29 is 8.60 Å². The lowest BCUT2D eigenvalue weighted by Gasteiger charge is -2.33. The summed E-state index contributed by atoms with van der Waals surface area (Å²) in [5.41, 5.74) is 2.13. The molecule has 0 radical (unpaired) electrons. The van der Waals surface area contributed by atoms with E-state index in [4.69, 9.17) is 0 Å². The van der Waals surface area contributed by atoms with Crippen molar-refractivity contribution in [1.82, 2.24) is 0 Å². The Labute approximate surface area is 131 Å². The predicted molar refractivity (Wildman–Crippen MR) is 90.7 cm³/mol. The van der Waals surface area contributed by atoms with Crippen molar-refractivity contribution >= 4 is 10.8 Å². The molecule has 0 spiro atoms. The number of hydrogen-bond donors (Lipinski definition) is 0. The van der Waals surface area contributed by atoms with Crippen LogP contribution in [-0.4, -0.2) is 14.7 Å². The summed E-state index contributed by atoms with van der Waals surface area (Å²) >= 11 is 0. The summed E-state index contributed by atoms with van der Waals surface area (Å²) in [7, 11) is -1.05. The van der Waals surface area contributed by atoms with Crippen LogP contribution in [0.3, 0.4) is 0 Å². The molecule has 0 N–H and O–H groups in total. The van der Waals surface area contributed by atoms with Gasteiger partial charge >= 0.3 is 0 Å². The maximum Gasteiger partial charge on any atom is 0.127 e. The van der Waals surface area contributed by atoms with Crippen LogP contribution in [0.25, 0.3) is 0 Å². The highest BCUT2D eigenvalue weighted by atomic mass is 32.2. The van der Waals surface area contributed by atoms with Crippen molar-refractivity contribution in [3.05, 3.63) is 47.3 Å². The van der Waals surface area contributed by atoms with Gasteiger partial charge in [0, 0.05) is 26.7 Å². The summed E-state index contributed by atoms with van der Waals surface area (Å²) in [5.74, 6) is 0.208. The van der Waals surface area contributed by atoms with Crippen molar-refractivity contribution in [3.63, 3.8) is 0 Å². The lowest BCUT2D eigenvalue weighted by Crippen LogP contribution is -2.36. The molecular formula is C18H27FOS. The van der Waals surface area contributed by atoms with Gasteiger partial charge in [-0.25, -0.2) is 4.39 Å². The van der Waals surface area contributed by atoms with Crippen LogP contribution in [0.4, 0.5) is 4.39 Å². The number of benzene rings is 1. The maximum atomic E-state index is 14.3. The zero-order chi connectivity index (χ0) is 16.4. The molecule has 1 aromatic rings. The summed E-state index contributed by atoms with van der Waals surface area (Å²) in [6, 6.07) is 5.14. The molecule has 0 aliphatic carbocycles. The summed E-state index contributed by atoms with van der Waals surface area (Å²) in [4.78, 5) is 0. The number of hydrogen-bond acceptors (Lipinski definition) is 1. The standard InChI is InChI=1S/C18H27FOS/c1-13(2)11-18(7,12-21(20)17(4,5)6)15-10-14(3)8-9-16(15)19/h8-10H,1,11-12H2,2-7H3/t18-,21+/m1/s1. The van der Waals surface area contributed by atoms with E-state index in [0.717, 1.165) is 11.1 Å². The number of allylic oxidation sites excluding steroid dienone is 1. The molecule has 0 aliphatic heterocycles. The van der Waals surface area contributed by atoms with Gasteiger partial charge in [-0.1, -0.05) is 30.2 Å². The van der Waals surface area contributed by atoms with E-state index in [-0.39, 0.29) is 10.6 Å². The van der Waals surface area contributed by atoms with Gasteiger partial charge in [-0.2, -0.15) is 0 Å². The first kappa shape index (κ1) is 18.1. The fourth-order valence-corrected chi connectivity index (χ4v) is 3.77. The Morgan fingerprint density at radius 1 is 1.29 bits per heavy atom. The molecule has 0 fully saturated rings. The Morgan fingerprint density at radius 2 is 1.86 bits per heavy atom. The number of halogens is 1. The molecule has 0 aliphatic rings. The molecule has 3 heteroatoms. The van der Waals surface area contributed by atoms with Crippen molar-refractivity contribution in [2.45, 2.75) is 58.1 Å². The van der Waals surface area contributed by atoms with Crippen LogP contribution in [0.5, 0.6) is 0 Å². The average molecular weight is 310 g/mol. The second-order valence-corrected chi connectivity index (χ2v) is 9.48. The first-order chi connectivity index (χ1) is 9.45. The van der Waals surface area contributed by atoms with E-state index in [9.17, 15) is 8.60 Å². The van der Waals surface area contributed by atoms with Crippen LogP contribution in [0.1, 0.15) is 52.2 Å². The minimum Gasteiger partial charge on any atom is -0.259 e. The van der Waals surface area contributed by atoms with Crippen LogP contribution >= 0.6 is 0 Å². The summed E-state index contributed by atoms with van der Waals surface area (Å²) in [5, 5.41) is 0. The molecule has 0 aromatic heterocycles. The highest BCUT2D eigenvalue weighted by Gasteiger charge is 2.35. The van der Waals surface area contributed by atoms with Crippen LogP contribution in [0.2, 0.25) is 0 Å². The smallest absolute Gasteiger partial charge is 0.127 e. The lowest BCUT2D eigenvalue weighted by molar-refractivity contribution is 0.479. The average Bonchev–Trinajstić information content (AvgIpc) is 2.29. The molecule has 0 saturated heterocycles. The Hall–Kier alpha value is -0.960. The molecule has 1 rings (SSSR count). The van der Waals surface area contributed by atoms with Gasteiger partial charge in [-0.3, -0.25) is 4.21 Å².